The Balaban J connectivity index is 1.48. The number of halogens is 5. The van der Waals surface area contributed by atoms with Gasteiger partial charge in [0, 0.05) is 30.8 Å². The van der Waals surface area contributed by atoms with Gasteiger partial charge in [0.1, 0.15) is 36.0 Å². The van der Waals surface area contributed by atoms with E-state index in [4.69, 9.17) is 10.5 Å². The Morgan fingerprint density at radius 2 is 1.85 bits per heavy atom. The van der Waals surface area contributed by atoms with Crippen molar-refractivity contribution in [2.24, 2.45) is 0 Å². The summed E-state index contributed by atoms with van der Waals surface area (Å²) < 4.78 is 77.0. The van der Waals surface area contributed by atoms with Crippen LogP contribution >= 0.6 is 0 Å². The van der Waals surface area contributed by atoms with Crippen LogP contribution in [0.15, 0.2) is 43.2 Å². The maximum atomic E-state index is 15.3. The number of ether oxygens (including phenoxy) is 1. The second-order valence-corrected chi connectivity index (χ2v) is 8.91. The van der Waals surface area contributed by atoms with Gasteiger partial charge in [-0.05, 0) is 31.1 Å². The number of aromatic nitrogens is 4. The highest BCUT2D eigenvalue weighted by molar-refractivity contribution is 5.98. The zero-order valence-electron chi connectivity index (χ0n) is 20.3. The Labute approximate surface area is 218 Å². The molecule has 1 fully saturated rings. The average molecular weight is 544 g/mol. The van der Waals surface area contributed by atoms with E-state index in [0.717, 1.165) is 6.07 Å². The smallest absolute Gasteiger partial charge is 0.246 e. The lowest BCUT2D eigenvalue weighted by Gasteiger charge is -2.32. The molecule has 1 amide bonds. The summed E-state index contributed by atoms with van der Waals surface area (Å²) in [7, 11) is 0. The number of likely N-dealkylation sites (tertiary alicyclic amines) is 1. The van der Waals surface area contributed by atoms with Crippen LogP contribution in [0, 0.1) is 29.1 Å². The molecule has 2 N–H and O–H groups in total. The summed E-state index contributed by atoms with van der Waals surface area (Å²) >= 11 is 0. The number of hydrogen-bond acceptors (Lipinski definition) is 6. The molecule has 39 heavy (non-hydrogen) atoms. The van der Waals surface area contributed by atoms with Crippen LogP contribution in [0.1, 0.15) is 24.4 Å². The largest absolute Gasteiger partial charge is 0.489 e. The molecule has 2 aromatic heterocycles. The first-order valence-corrected chi connectivity index (χ1v) is 11.8. The minimum atomic E-state index is -1.60. The summed E-state index contributed by atoms with van der Waals surface area (Å²) in [5.74, 6) is -7.48. The predicted molar refractivity (Wildman–Crippen MR) is 131 cm³/mol. The highest BCUT2D eigenvalue weighted by Gasteiger charge is 2.29. The fourth-order valence-corrected chi connectivity index (χ4v) is 4.60. The Hall–Kier alpha value is -4.55. The lowest BCUT2D eigenvalue weighted by atomic mass is 10.1. The van der Waals surface area contributed by atoms with Crippen LogP contribution in [0.2, 0.25) is 0 Å². The molecule has 8 nitrogen and oxygen atoms in total. The zero-order valence-corrected chi connectivity index (χ0v) is 20.3. The normalized spacial score (nSPS) is 15.5. The lowest BCUT2D eigenvalue weighted by molar-refractivity contribution is -0.127. The van der Waals surface area contributed by atoms with E-state index in [2.05, 4.69) is 21.6 Å². The number of fused-ring (bicyclic) bond motifs is 1. The van der Waals surface area contributed by atoms with E-state index in [-0.39, 0.29) is 40.8 Å². The van der Waals surface area contributed by atoms with Crippen molar-refractivity contribution in [2.45, 2.75) is 25.5 Å². The number of nitrogens with zero attached hydrogens (tertiary/aromatic N) is 5. The lowest BCUT2D eigenvalue weighted by Crippen LogP contribution is -2.40. The van der Waals surface area contributed by atoms with Gasteiger partial charge < -0.3 is 15.4 Å². The molecule has 0 unspecified atom stereocenters. The second kappa shape index (κ2) is 10.3. The number of carbonyl (C=O) groups excluding carboxylic acids is 1. The molecule has 1 aliphatic rings. The molecule has 4 aromatic rings. The van der Waals surface area contributed by atoms with Gasteiger partial charge in [-0.3, -0.25) is 4.79 Å². The van der Waals surface area contributed by atoms with E-state index >= 15 is 4.39 Å². The maximum Gasteiger partial charge on any atom is 0.246 e. The molecule has 3 heterocycles. The van der Waals surface area contributed by atoms with Crippen LogP contribution in [0.25, 0.3) is 22.3 Å². The predicted octanol–water partition coefficient (Wildman–Crippen LogP) is 4.70. The number of benzene rings is 2. The second-order valence-electron chi connectivity index (χ2n) is 8.91. The van der Waals surface area contributed by atoms with Crippen molar-refractivity contribution in [3.8, 4) is 17.0 Å². The number of rotatable bonds is 6. The van der Waals surface area contributed by atoms with E-state index in [1.54, 1.807) is 9.58 Å². The van der Waals surface area contributed by atoms with Gasteiger partial charge >= 0.3 is 0 Å². The van der Waals surface area contributed by atoms with Crippen LogP contribution in [0.3, 0.4) is 0 Å². The van der Waals surface area contributed by atoms with E-state index in [1.807, 2.05) is 0 Å². The van der Waals surface area contributed by atoms with Gasteiger partial charge in [-0.25, -0.2) is 36.6 Å². The van der Waals surface area contributed by atoms with Gasteiger partial charge in [-0.2, -0.15) is 5.10 Å². The van der Waals surface area contributed by atoms with Crippen molar-refractivity contribution >= 4 is 22.8 Å². The highest BCUT2D eigenvalue weighted by atomic mass is 19.2. The quantitative estimate of drug-likeness (QED) is 0.215. The van der Waals surface area contributed by atoms with Crippen molar-refractivity contribution < 1.29 is 31.5 Å². The van der Waals surface area contributed by atoms with Gasteiger partial charge in [-0.1, -0.05) is 6.58 Å². The maximum absolute atomic E-state index is 15.3. The molecule has 202 valence electrons. The number of nitrogen functional groups attached to an aromatic ring is 1. The van der Waals surface area contributed by atoms with Crippen LogP contribution < -0.4 is 10.5 Å². The van der Waals surface area contributed by atoms with Gasteiger partial charge in [0.2, 0.25) is 5.91 Å². The van der Waals surface area contributed by atoms with Gasteiger partial charge in [-0.15, -0.1) is 0 Å². The van der Waals surface area contributed by atoms with Crippen molar-refractivity contribution in [1.29, 1.82) is 0 Å². The summed E-state index contributed by atoms with van der Waals surface area (Å²) in [4.78, 5) is 22.1. The van der Waals surface area contributed by atoms with Crippen molar-refractivity contribution in [1.82, 2.24) is 24.6 Å². The molecule has 1 aliphatic heterocycles. The summed E-state index contributed by atoms with van der Waals surface area (Å²) in [6.45, 7) is 3.55. The van der Waals surface area contributed by atoms with Crippen LogP contribution in [-0.4, -0.2) is 43.6 Å². The third-order valence-corrected chi connectivity index (χ3v) is 6.53. The molecule has 1 saturated heterocycles. The molecule has 0 spiro atoms. The van der Waals surface area contributed by atoms with E-state index < -0.39 is 41.3 Å². The monoisotopic (exact) mass is 544 g/mol. The fraction of sp³-hybridized carbons (Fsp3) is 0.231. The molecule has 1 atom stereocenters. The summed E-state index contributed by atoms with van der Waals surface area (Å²) in [6, 6.07) is 3.38. The third-order valence-electron chi connectivity index (χ3n) is 6.53. The van der Waals surface area contributed by atoms with Crippen LogP contribution in [0.4, 0.5) is 27.8 Å². The average Bonchev–Trinajstić information content (AvgIpc) is 3.32. The fourth-order valence-electron chi connectivity index (χ4n) is 4.60. The summed E-state index contributed by atoms with van der Waals surface area (Å²) in [5.41, 5.74) is 5.66. The van der Waals surface area contributed by atoms with Gasteiger partial charge in [0.15, 0.2) is 28.9 Å². The topological polar surface area (TPSA) is 99.2 Å². The molecule has 0 radical (unpaired) electrons. The first kappa shape index (κ1) is 26.1. The first-order chi connectivity index (χ1) is 18.7. The number of nitrogens with two attached hydrogens (primary N) is 1. The number of carbonyl (C=O) groups is 1. The Bertz CT molecular complexity index is 1580. The van der Waals surface area contributed by atoms with E-state index in [1.165, 1.54) is 24.5 Å². The van der Waals surface area contributed by atoms with Gasteiger partial charge in [0.25, 0.3) is 0 Å². The summed E-state index contributed by atoms with van der Waals surface area (Å²) in [6.07, 6.45) is 3.89. The van der Waals surface area contributed by atoms with Gasteiger partial charge in [0.05, 0.1) is 17.0 Å². The number of piperidine rings is 1. The Morgan fingerprint density at radius 3 is 2.54 bits per heavy atom. The molecule has 0 bridgehead atoms. The standard InChI is InChI=1S/C26H21F5N6O2/c1-2-20(38)36-7-3-4-13(10-36)37-26-21(25(32)33-12-34-26)24(35-37)15-6-5-14(8-17(15)27)39-11-16-22(30)18(28)9-19(29)23(16)31/h2,5-6,8-9,12-13H,1,3-4,7,10-11H2,(H2,32,33,34)/t13-/m1/s1. The van der Waals surface area contributed by atoms with Crippen LogP contribution in [-0.2, 0) is 11.4 Å². The van der Waals surface area contributed by atoms with E-state index in [0.29, 0.717) is 37.0 Å². The zero-order chi connectivity index (χ0) is 27.8. The first-order valence-electron chi connectivity index (χ1n) is 11.8. The number of hydrogen-bond donors (Lipinski definition) is 1. The minimum Gasteiger partial charge on any atom is -0.489 e. The number of anilines is 1. The molecule has 0 saturated carbocycles. The molecule has 13 heteroatoms. The van der Waals surface area contributed by atoms with Crippen LogP contribution in [0.5, 0.6) is 5.75 Å². The number of amides is 1. The molecular weight excluding hydrogens is 523 g/mol. The van der Waals surface area contributed by atoms with Crippen molar-refractivity contribution in [3.05, 3.63) is 77.9 Å². The Morgan fingerprint density at radius 1 is 1.10 bits per heavy atom. The molecule has 0 aliphatic carbocycles. The SMILES string of the molecule is C=CC(=O)N1CCC[C@@H](n2nc(-c3ccc(OCc4c(F)c(F)cc(F)c4F)cc3F)c3c(N)ncnc32)C1. The molecule has 5 rings (SSSR count). The molecular formula is C26H21F5N6O2. The van der Waals surface area contributed by atoms with E-state index in [9.17, 15) is 22.4 Å². The Kier molecular flexibility index (Phi) is 6.89. The minimum absolute atomic E-state index is 0.0107. The van der Waals surface area contributed by atoms with Crippen molar-refractivity contribution in [3.63, 3.8) is 0 Å². The molecule has 2 aromatic carbocycles. The summed E-state index contributed by atoms with van der Waals surface area (Å²) in [5, 5.41) is 4.90. The highest BCUT2D eigenvalue weighted by Crippen LogP contribution is 2.36. The van der Waals surface area contributed by atoms with Crippen molar-refractivity contribution in [2.75, 3.05) is 18.8 Å². The third kappa shape index (κ3) is 4.75.